The molecule has 2 heteroatoms. The zero-order chi connectivity index (χ0) is 9.35. The quantitative estimate of drug-likeness (QED) is 0.597. The van der Waals surface area contributed by atoms with Gasteiger partial charge in [-0.05, 0) is 34.1 Å². The van der Waals surface area contributed by atoms with Crippen LogP contribution in [-0.2, 0) is 4.74 Å². The molecule has 0 spiro atoms. The summed E-state index contributed by atoms with van der Waals surface area (Å²) in [6, 6.07) is 0.662. The van der Waals surface area contributed by atoms with E-state index in [-0.39, 0.29) is 5.54 Å². The first-order chi connectivity index (χ1) is 5.45. The molecule has 0 N–H and O–H groups in total. The molecule has 0 aromatic carbocycles. The lowest BCUT2D eigenvalue weighted by Crippen LogP contribution is -2.43. The number of nitrogens with zero attached hydrogens (tertiary/aromatic N) is 1. The van der Waals surface area contributed by atoms with Gasteiger partial charge in [-0.1, -0.05) is 0 Å². The molecule has 1 saturated heterocycles. The SMILES string of the molecule is COC1C[C@H](C)N(C(C)(C)C)C1. The standard InChI is InChI=1S/C10H21NO/c1-8-6-9(12-5)7-11(8)10(2,3)4/h8-9H,6-7H2,1-5H3/t8-,9?/m0/s1. The van der Waals surface area contributed by atoms with Crippen molar-refractivity contribution in [2.24, 2.45) is 0 Å². The lowest BCUT2D eigenvalue weighted by Gasteiger charge is -2.35. The molecule has 1 rings (SSSR count). The van der Waals surface area contributed by atoms with E-state index in [1.54, 1.807) is 0 Å². The number of rotatable bonds is 1. The zero-order valence-corrected chi connectivity index (χ0v) is 8.92. The molecule has 1 unspecified atom stereocenters. The van der Waals surface area contributed by atoms with Gasteiger partial charge < -0.3 is 4.74 Å². The molecule has 0 amide bonds. The highest BCUT2D eigenvalue weighted by Crippen LogP contribution is 2.27. The summed E-state index contributed by atoms with van der Waals surface area (Å²) in [5.74, 6) is 0. The third-order valence-electron chi connectivity index (χ3n) is 2.73. The van der Waals surface area contributed by atoms with Gasteiger partial charge in [0.1, 0.15) is 0 Å². The molecule has 0 saturated carbocycles. The van der Waals surface area contributed by atoms with E-state index in [2.05, 4.69) is 32.6 Å². The van der Waals surface area contributed by atoms with Crippen molar-refractivity contribution in [2.75, 3.05) is 13.7 Å². The van der Waals surface area contributed by atoms with Gasteiger partial charge in [-0.15, -0.1) is 0 Å². The van der Waals surface area contributed by atoms with Gasteiger partial charge in [-0.3, -0.25) is 4.90 Å². The van der Waals surface area contributed by atoms with Crippen molar-refractivity contribution in [3.8, 4) is 0 Å². The summed E-state index contributed by atoms with van der Waals surface area (Å²) in [5.41, 5.74) is 0.284. The van der Waals surface area contributed by atoms with E-state index in [4.69, 9.17) is 4.74 Å². The van der Waals surface area contributed by atoms with Crippen molar-refractivity contribution in [2.45, 2.75) is 51.8 Å². The molecule has 1 aliphatic rings. The maximum Gasteiger partial charge on any atom is 0.0713 e. The highest BCUT2D eigenvalue weighted by Gasteiger charge is 2.35. The number of methoxy groups -OCH3 is 1. The van der Waals surface area contributed by atoms with E-state index in [0.717, 1.165) is 6.54 Å². The molecule has 1 fully saturated rings. The second kappa shape index (κ2) is 3.35. The largest absolute Gasteiger partial charge is 0.380 e. The monoisotopic (exact) mass is 171 g/mol. The van der Waals surface area contributed by atoms with Crippen LogP contribution in [0.1, 0.15) is 34.1 Å². The highest BCUT2D eigenvalue weighted by molar-refractivity contribution is 4.90. The van der Waals surface area contributed by atoms with Crippen LogP contribution in [0.4, 0.5) is 0 Å². The van der Waals surface area contributed by atoms with E-state index in [1.165, 1.54) is 6.42 Å². The highest BCUT2D eigenvalue weighted by atomic mass is 16.5. The van der Waals surface area contributed by atoms with Gasteiger partial charge in [0.2, 0.25) is 0 Å². The van der Waals surface area contributed by atoms with E-state index in [0.29, 0.717) is 12.1 Å². The van der Waals surface area contributed by atoms with Crippen molar-refractivity contribution in [1.29, 1.82) is 0 Å². The molecular weight excluding hydrogens is 150 g/mol. The molecule has 0 aliphatic carbocycles. The summed E-state index contributed by atoms with van der Waals surface area (Å²) < 4.78 is 5.37. The minimum absolute atomic E-state index is 0.284. The molecule has 0 aromatic rings. The van der Waals surface area contributed by atoms with Crippen LogP contribution in [0.25, 0.3) is 0 Å². The van der Waals surface area contributed by atoms with Crippen molar-refractivity contribution < 1.29 is 4.74 Å². The Bertz CT molecular complexity index is 150. The third-order valence-corrected chi connectivity index (χ3v) is 2.73. The summed E-state index contributed by atoms with van der Waals surface area (Å²) >= 11 is 0. The average molecular weight is 171 g/mol. The molecule has 0 bridgehead atoms. The summed E-state index contributed by atoms with van der Waals surface area (Å²) in [4.78, 5) is 2.52. The Morgan fingerprint density at radius 3 is 2.17 bits per heavy atom. The van der Waals surface area contributed by atoms with Crippen molar-refractivity contribution in [3.63, 3.8) is 0 Å². The third kappa shape index (κ3) is 1.99. The van der Waals surface area contributed by atoms with Gasteiger partial charge in [0.15, 0.2) is 0 Å². The second-order valence-electron chi connectivity index (χ2n) is 4.77. The van der Waals surface area contributed by atoms with E-state index >= 15 is 0 Å². The first kappa shape index (κ1) is 10.0. The molecule has 12 heavy (non-hydrogen) atoms. The summed E-state index contributed by atoms with van der Waals surface area (Å²) in [7, 11) is 1.81. The number of likely N-dealkylation sites (tertiary alicyclic amines) is 1. The Labute approximate surface area is 75.9 Å². The average Bonchev–Trinajstić information content (AvgIpc) is 2.29. The van der Waals surface area contributed by atoms with Gasteiger partial charge in [-0.25, -0.2) is 0 Å². The lowest BCUT2D eigenvalue weighted by molar-refractivity contribution is 0.0832. The van der Waals surface area contributed by atoms with Gasteiger partial charge in [0.25, 0.3) is 0 Å². The second-order valence-corrected chi connectivity index (χ2v) is 4.77. The lowest BCUT2D eigenvalue weighted by atomic mass is 10.1. The molecule has 1 heterocycles. The van der Waals surface area contributed by atoms with Gasteiger partial charge >= 0.3 is 0 Å². The summed E-state index contributed by atoms with van der Waals surface area (Å²) in [5, 5.41) is 0. The number of hydrogen-bond donors (Lipinski definition) is 0. The Kier molecular flexibility index (Phi) is 2.79. The van der Waals surface area contributed by atoms with Crippen LogP contribution in [0.2, 0.25) is 0 Å². The van der Waals surface area contributed by atoms with Gasteiger partial charge in [-0.2, -0.15) is 0 Å². The Morgan fingerprint density at radius 2 is 1.92 bits per heavy atom. The molecule has 0 aromatic heterocycles. The Morgan fingerprint density at radius 1 is 1.33 bits per heavy atom. The maximum atomic E-state index is 5.37. The van der Waals surface area contributed by atoms with Crippen LogP contribution in [-0.4, -0.2) is 36.2 Å². The first-order valence-corrected chi connectivity index (χ1v) is 4.74. The molecule has 0 radical (unpaired) electrons. The fourth-order valence-corrected chi connectivity index (χ4v) is 2.09. The number of hydrogen-bond acceptors (Lipinski definition) is 2. The minimum Gasteiger partial charge on any atom is -0.380 e. The fourth-order valence-electron chi connectivity index (χ4n) is 2.09. The zero-order valence-electron chi connectivity index (χ0n) is 8.92. The maximum absolute atomic E-state index is 5.37. The minimum atomic E-state index is 0.284. The van der Waals surface area contributed by atoms with Crippen LogP contribution in [0.15, 0.2) is 0 Å². The van der Waals surface area contributed by atoms with E-state index < -0.39 is 0 Å². The van der Waals surface area contributed by atoms with Gasteiger partial charge in [0, 0.05) is 25.2 Å². The molecule has 72 valence electrons. The van der Waals surface area contributed by atoms with Crippen molar-refractivity contribution >= 4 is 0 Å². The normalized spacial score (nSPS) is 32.8. The van der Waals surface area contributed by atoms with Crippen LogP contribution in [0.3, 0.4) is 0 Å². The summed E-state index contributed by atoms with van der Waals surface area (Å²) in [6.07, 6.45) is 1.62. The summed E-state index contributed by atoms with van der Waals surface area (Å²) in [6.45, 7) is 10.2. The van der Waals surface area contributed by atoms with Crippen LogP contribution in [0.5, 0.6) is 0 Å². The van der Waals surface area contributed by atoms with Gasteiger partial charge in [0.05, 0.1) is 6.10 Å². The van der Waals surface area contributed by atoms with Crippen LogP contribution >= 0.6 is 0 Å². The smallest absolute Gasteiger partial charge is 0.0713 e. The van der Waals surface area contributed by atoms with Crippen molar-refractivity contribution in [3.05, 3.63) is 0 Å². The van der Waals surface area contributed by atoms with E-state index in [9.17, 15) is 0 Å². The van der Waals surface area contributed by atoms with Crippen molar-refractivity contribution in [1.82, 2.24) is 4.90 Å². The predicted octanol–water partition coefficient (Wildman–Crippen LogP) is 1.89. The fraction of sp³-hybridized carbons (Fsp3) is 1.00. The molecule has 2 atom stereocenters. The first-order valence-electron chi connectivity index (χ1n) is 4.74. The Balaban J connectivity index is 2.58. The molecule has 2 nitrogen and oxygen atoms in total. The molecular formula is C10H21NO. The van der Waals surface area contributed by atoms with Crippen LogP contribution < -0.4 is 0 Å². The molecule has 1 aliphatic heterocycles. The number of ether oxygens (including phenoxy) is 1. The Hall–Kier alpha value is -0.0800. The topological polar surface area (TPSA) is 12.5 Å². The van der Waals surface area contributed by atoms with Crippen LogP contribution in [0, 0.1) is 0 Å². The van der Waals surface area contributed by atoms with E-state index in [1.807, 2.05) is 7.11 Å². The predicted molar refractivity (Wildman–Crippen MR) is 51.3 cm³/mol.